The summed E-state index contributed by atoms with van der Waals surface area (Å²) < 4.78 is 7.74. The highest BCUT2D eigenvalue weighted by molar-refractivity contribution is 5.76. The van der Waals surface area contributed by atoms with Crippen LogP contribution in [0.1, 0.15) is 59.8 Å². The summed E-state index contributed by atoms with van der Waals surface area (Å²) in [6.45, 7) is 12.2. The fourth-order valence-electron chi connectivity index (χ4n) is 5.77. The van der Waals surface area contributed by atoms with Gasteiger partial charge in [0.1, 0.15) is 11.3 Å². The van der Waals surface area contributed by atoms with Crippen LogP contribution in [-0.2, 0) is 11.3 Å². The molecular formula is C27H37N5O. The molecule has 1 aliphatic heterocycles. The van der Waals surface area contributed by atoms with Gasteiger partial charge in [-0.2, -0.15) is 0 Å². The lowest BCUT2D eigenvalue weighted by Crippen LogP contribution is -2.40. The molecule has 6 heteroatoms. The third-order valence-corrected chi connectivity index (χ3v) is 7.61. The second-order valence-electron chi connectivity index (χ2n) is 10.1. The zero-order valence-corrected chi connectivity index (χ0v) is 20.3. The van der Waals surface area contributed by atoms with Gasteiger partial charge in [0.15, 0.2) is 5.65 Å². The molecule has 2 fully saturated rings. The third-order valence-electron chi connectivity index (χ3n) is 7.61. The number of nitrogen functional groups attached to an aromatic ring is 1. The Morgan fingerprint density at radius 3 is 2.52 bits per heavy atom. The smallest absolute Gasteiger partial charge is 0.160 e. The number of morpholine rings is 1. The number of hydrogen-bond acceptors (Lipinski definition) is 5. The lowest BCUT2D eigenvalue weighted by Gasteiger charge is -2.34. The Balaban J connectivity index is 1.30. The Morgan fingerprint density at radius 2 is 1.76 bits per heavy atom. The van der Waals surface area contributed by atoms with Crippen LogP contribution in [0.2, 0.25) is 0 Å². The maximum absolute atomic E-state index is 6.48. The van der Waals surface area contributed by atoms with Crippen molar-refractivity contribution in [2.45, 2.75) is 58.9 Å². The molecule has 1 saturated heterocycles. The Bertz CT molecular complexity index is 1120. The van der Waals surface area contributed by atoms with Crippen LogP contribution in [0.5, 0.6) is 0 Å². The highest BCUT2D eigenvalue weighted by Gasteiger charge is 2.26. The Kier molecular flexibility index (Phi) is 6.39. The number of aryl methyl sites for hydroxylation is 3. The molecule has 0 atom stereocenters. The first kappa shape index (κ1) is 22.4. The van der Waals surface area contributed by atoms with Crippen LogP contribution in [-0.4, -0.2) is 52.3 Å². The van der Waals surface area contributed by atoms with Gasteiger partial charge in [0.05, 0.1) is 19.8 Å². The maximum atomic E-state index is 6.48. The van der Waals surface area contributed by atoms with Crippen molar-refractivity contribution in [2.75, 3.05) is 38.6 Å². The minimum Gasteiger partial charge on any atom is -0.398 e. The van der Waals surface area contributed by atoms with Crippen molar-refractivity contribution in [1.29, 1.82) is 0 Å². The van der Waals surface area contributed by atoms with Gasteiger partial charge in [-0.25, -0.2) is 9.97 Å². The molecule has 0 bridgehead atoms. The molecule has 3 aromatic rings. The molecule has 6 nitrogen and oxygen atoms in total. The zero-order chi connectivity index (χ0) is 22.9. The van der Waals surface area contributed by atoms with Gasteiger partial charge in [-0.05, 0) is 87.1 Å². The average molecular weight is 448 g/mol. The number of hydrogen-bond donors (Lipinski definition) is 1. The van der Waals surface area contributed by atoms with Gasteiger partial charge < -0.3 is 15.0 Å². The van der Waals surface area contributed by atoms with Gasteiger partial charge in [-0.3, -0.25) is 4.90 Å². The molecule has 0 spiro atoms. The number of nitrogens with two attached hydrogens (primary N) is 1. The molecule has 33 heavy (non-hydrogen) atoms. The van der Waals surface area contributed by atoms with Gasteiger partial charge in [0, 0.05) is 31.0 Å². The van der Waals surface area contributed by atoms with E-state index in [1.165, 1.54) is 48.9 Å². The van der Waals surface area contributed by atoms with E-state index in [1.54, 1.807) is 0 Å². The summed E-state index contributed by atoms with van der Waals surface area (Å²) in [6.07, 6.45) is 5.05. The van der Waals surface area contributed by atoms with Crippen LogP contribution in [0, 0.1) is 26.7 Å². The zero-order valence-electron chi connectivity index (χ0n) is 20.3. The van der Waals surface area contributed by atoms with Crippen LogP contribution < -0.4 is 5.73 Å². The Labute approximate surface area is 197 Å². The topological polar surface area (TPSA) is 69.2 Å². The lowest BCUT2D eigenvalue weighted by molar-refractivity contribution is 0.0273. The molecule has 1 aromatic carbocycles. The standard InChI is InChI=1S/C27H37N5O/c1-18-14-19(2)29-27-26(18)30-20(3)32(27)17-22-6-9-25(28)24(15-22)23-7-4-21(5-8-23)16-31-10-12-33-13-11-31/h6,9,14-15,21,23H,4-5,7-8,10-13,16-17,28H2,1-3H3/t21-,23+. The van der Waals surface area contributed by atoms with E-state index in [4.69, 9.17) is 20.4 Å². The number of anilines is 1. The SMILES string of the molecule is Cc1cc(C)c2nc(C)n(Cc3ccc(N)c([C@H]4CC[C@@H](CN5CCOCC5)CC4)c3)c2n1. The molecular weight excluding hydrogens is 410 g/mol. The molecule has 1 aliphatic carbocycles. The Hall–Kier alpha value is -2.44. The Morgan fingerprint density at radius 1 is 1.00 bits per heavy atom. The lowest BCUT2D eigenvalue weighted by atomic mass is 9.77. The number of benzene rings is 1. The van der Waals surface area contributed by atoms with E-state index in [1.807, 2.05) is 0 Å². The van der Waals surface area contributed by atoms with E-state index in [-0.39, 0.29) is 0 Å². The van der Waals surface area contributed by atoms with Crippen LogP contribution in [0.4, 0.5) is 5.69 Å². The first-order valence-corrected chi connectivity index (χ1v) is 12.5. The quantitative estimate of drug-likeness (QED) is 0.579. The van der Waals surface area contributed by atoms with E-state index in [2.05, 4.69) is 54.5 Å². The monoisotopic (exact) mass is 447 g/mol. The second kappa shape index (κ2) is 9.43. The summed E-state index contributed by atoms with van der Waals surface area (Å²) in [5.74, 6) is 2.38. The van der Waals surface area contributed by atoms with Gasteiger partial charge in [-0.1, -0.05) is 12.1 Å². The first-order valence-electron chi connectivity index (χ1n) is 12.5. The summed E-state index contributed by atoms with van der Waals surface area (Å²) in [6, 6.07) is 8.71. The number of nitrogens with zero attached hydrogens (tertiary/aromatic N) is 4. The minimum absolute atomic E-state index is 0.564. The molecule has 176 valence electrons. The van der Waals surface area contributed by atoms with Gasteiger partial charge in [0.2, 0.25) is 0 Å². The molecule has 5 rings (SSSR count). The molecule has 3 heterocycles. The normalized spacial score (nSPS) is 22.2. The van der Waals surface area contributed by atoms with Crippen molar-refractivity contribution < 1.29 is 4.74 Å². The number of pyridine rings is 1. The molecule has 2 N–H and O–H groups in total. The van der Waals surface area contributed by atoms with Crippen LogP contribution in [0.15, 0.2) is 24.3 Å². The summed E-state index contributed by atoms with van der Waals surface area (Å²) in [7, 11) is 0. The van der Waals surface area contributed by atoms with Crippen LogP contribution >= 0.6 is 0 Å². The fourth-order valence-corrected chi connectivity index (χ4v) is 5.77. The van der Waals surface area contributed by atoms with Crippen molar-refractivity contribution in [2.24, 2.45) is 5.92 Å². The summed E-state index contributed by atoms with van der Waals surface area (Å²) >= 11 is 0. The number of rotatable bonds is 5. The van der Waals surface area contributed by atoms with Gasteiger partial charge >= 0.3 is 0 Å². The summed E-state index contributed by atoms with van der Waals surface area (Å²) in [4.78, 5) is 12.2. The number of imidazole rings is 1. The fraction of sp³-hybridized carbons (Fsp3) is 0.556. The van der Waals surface area contributed by atoms with E-state index in [0.717, 1.165) is 67.1 Å². The number of ether oxygens (including phenoxy) is 1. The minimum atomic E-state index is 0.564. The molecule has 2 aromatic heterocycles. The highest BCUT2D eigenvalue weighted by Crippen LogP contribution is 2.39. The van der Waals surface area contributed by atoms with Gasteiger partial charge in [0.25, 0.3) is 0 Å². The van der Waals surface area contributed by atoms with Crippen LogP contribution in [0.25, 0.3) is 11.2 Å². The summed E-state index contributed by atoms with van der Waals surface area (Å²) in [5.41, 5.74) is 14.2. The number of fused-ring (bicyclic) bond motifs is 1. The molecule has 0 amide bonds. The van der Waals surface area contributed by atoms with Crippen molar-refractivity contribution in [3.8, 4) is 0 Å². The molecule has 2 aliphatic rings. The first-order chi connectivity index (χ1) is 16.0. The van der Waals surface area contributed by atoms with E-state index < -0.39 is 0 Å². The van der Waals surface area contributed by atoms with Crippen molar-refractivity contribution in [3.63, 3.8) is 0 Å². The third kappa shape index (κ3) is 4.78. The average Bonchev–Trinajstić information content (AvgIpc) is 3.12. The predicted molar refractivity (Wildman–Crippen MR) is 134 cm³/mol. The van der Waals surface area contributed by atoms with E-state index >= 15 is 0 Å². The largest absolute Gasteiger partial charge is 0.398 e. The predicted octanol–water partition coefficient (Wildman–Crippen LogP) is 4.59. The number of aromatic nitrogens is 3. The van der Waals surface area contributed by atoms with Crippen molar-refractivity contribution >= 4 is 16.9 Å². The van der Waals surface area contributed by atoms with Crippen molar-refractivity contribution in [3.05, 3.63) is 52.5 Å². The second-order valence-corrected chi connectivity index (χ2v) is 10.1. The van der Waals surface area contributed by atoms with Gasteiger partial charge in [-0.15, -0.1) is 0 Å². The molecule has 0 radical (unpaired) electrons. The summed E-state index contributed by atoms with van der Waals surface area (Å²) in [5, 5.41) is 0. The van der Waals surface area contributed by atoms with E-state index in [0.29, 0.717) is 5.92 Å². The molecule has 1 saturated carbocycles. The van der Waals surface area contributed by atoms with E-state index in [9.17, 15) is 0 Å². The molecule has 0 unspecified atom stereocenters. The maximum Gasteiger partial charge on any atom is 0.160 e. The van der Waals surface area contributed by atoms with Crippen molar-refractivity contribution in [1.82, 2.24) is 19.4 Å². The van der Waals surface area contributed by atoms with Crippen LogP contribution in [0.3, 0.4) is 0 Å². The highest BCUT2D eigenvalue weighted by atomic mass is 16.5.